The average molecular weight is 586 g/mol. The normalized spacial score (nSPS) is 27.2. The third-order valence-electron chi connectivity index (χ3n) is 7.82. The number of sulfone groups is 1. The summed E-state index contributed by atoms with van der Waals surface area (Å²) in [4.78, 5) is 24.9. The summed E-state index contributed by atoms with van der Waals surface area (Å²) >= 11 is 6.27. The van der Waals surface area contributed by atoms with Crippen LogP contribution in [0.4, 0.5) is 14.5 Å². The van der Waals surface area contributed by atoms with Crippen LogP contribution < -0.4 is 16.4 Å². The molecule has 0 heterocycles. The third-order valence-corrected chi connectivity index (χ3v) is 10.5. The first-order valence-electron chi connectivity index (χ1n) is 12.4. The lowest BCUT2D eigenvalue weighted by molar-refractivity contribution is -0.133. The Labute approximate surface area is 229 Å². The monoisotopic (exact) mass is 585 g/mol. The molecule has 0 saturated heterocycles. The van der Waals surface area contributed by atoms with Gasteiger partial charge >= 0.3 is 0 Å². The van der Waals surface area contributed by atoms with Crippen LogP contribution in [0, 0.1) is 29.4 Å². The molecule has 39 heavy (non-hydrogen) atoms. The van der Waals surface area contributed by atoms with E-state index in [0.717, 1.165) is 18.2 Å². The molecular weight excluding hydrogens is 556 g/mol. The second-order valence-corrected chi connectivity index (χ2v) is 13.0. The van der Waals surface area contributed by atoms with Crippen molar-refractivity contribution in [3.63, 3.8) is 0 Å². The summed E-state index contributed by atoms with van der Waals surface area (Å²) in [5, 5.41) is 24.6. The second kappa shape index (κ2) is 11.1. The number of anilines is 1. The van der Waals surface area contributed by atoms with E-state index in [2.05, 4.69) is 10.6 Å². The van der Waals surface area contributed by atoms with Crippen molar-refractivity contribution in [3.8, 4) is 0 Å². The third kappa shape index (κ3) is 5.94. The Balaban J connectivity index is 1.54. The van der Waals surface area contributed by atoms with Crippen molar-refractivity contribution in [3.05, 3.63) is 58.6 Å². The molecule has 2 fully saturated rings. The van der Waals surface area contributed by atoms with Crippen LogP contribution in [-0.4, -0.2) is 54.1 Å². The number of nitrogens with two attached hydrogens (primary N) is 1. The van der Waals surface area contributed by atoms with E-state index in [1.54, 1.807) is 0 Å². The molecule has 2 bridgehead atoms. The van der Waals surface area contributed by atoms with Crippen LogP contribution in [0.25, 0.3) is 0 Å². The number of amides is 2. The van der Waals surface area contributed by atoms with E-state index in [9.17, 15) is 37.0 Å². The molecule has 0 aliphatic heterocycles. The molecule has 0 aromatic heterocycles. The molecule has 2 amide bonds. The summed E-state index contributed by atoms with van der Waals surface area (Å²) < 4.78 is 54.2. The van der Waals surface area contributed by atoms with Crippen LogP contribution in [0.15, 0.2) is 41.3 Å². The van der Waals surface area contributed by atoms with Crippen molar-refractivity contribution in [1.82, 2.24) is 5.32 Å². The van der Waals surface area contributed by atoms with Gasteiger partial charge in [-0.15, -0.1) is 0 Å². The summed E-state index contributed by atoms with van der Waals surface area (Å²) in [6.45, 7) is 1.73. The maximum Gasteiger partial charge on any atom is 0.255 e. The van der Waals surface area contributed by atoms with Crippen molar-refractivity contribution in [2.75, 3.05) is 11.9 Å². The van der Waals surface area contributed by atoms with Gasteiger partial charge in [-0.05, 0) is 67.3 Å². The molecule has 6 N–H and O–H groups in total. The highest BCUT2D eigenvalue weighted by molar-refractivity contribution is 7.92. The maximum atomic E-state index is 13.7. The van der Waals surface area contributed by atoms with E-state index in [0.29, 0.717) is 6.42 Å². The van der Waals surface area contributed by atoms with Crippen LogP contribution >= 0.6 is 11.6 Å². The largest absolute Gasteiger partial charge is 0.389 e. The number of halogens is 3. The number of fused-ring (bicyclic) bond motifs is 2. The van der Waals surface area contributed by atoms with Gasteiger partial charge in [-0.3, -0.25) is 9.59 Å². The molecule has 0 spiro atoms. The highest BCUT2D eigenvalue weighted by atomic mass is 35.5. The summed E-state index contributed by atoms with van der Waals surface area (Å²) in [6.07, 6.45) is -0.768. The molecular formula is C26H30ClF2N3O6S. The van der Waals surface area contributed by atoms with E-state index < -0.39 is 62.2 Å². The first kappa shape index (κ1) is 29.3. The molecule has 212 valence electrons. The van der Waals surface area contributed by atoms with Crippen molar-refractivity contribution in [1.29, 1.82) is 0 Å². The Hall–Kier alpha value is -2.64. The number of aliphatic hydroxyl groups is 2. The SMILES string of the molecule is C[C@H]1CC2CC(S(=O)(=O)c3cc(C(=O)Nc4ccc(F)c(F)c4)ccc3Cl)CC1[C@@]2(O)CC(=O)NC[C@@H](N)O. The predicted octanol–water partition coefficient (Wildman–Crippen LogP) is 2.59. The fourth-order valence-corrected chi connectivity index (χ4v) is 8.31. The van der Waals surface area contributed by atoms with Gasteiger partial charge in [-0.1, -0.05) is 18.5 Å². The maximum absolute atomic E-state index is 13.7. The first-order valence-corrected chi connectivity index (χ1v) is 14.4. The van der Waals surface area contributed by atoms with Crippen molar-refractivity contribution < 1.29 is 37.0 Å². The van der Waals surface area contributed by atoms with Crippen LogP contribution in [0.3, 0.4) is 0 Å². The molecule has 3 unspecified atom stereocenters. The fraction of sp³-hybridized carbons (Fsp3) is 0.462. The molecule has 2 aromatic rings. The lowest BCUT2D eigenvalue weighted by Gasteiger charge is -2.42. The zero-order valence-corrected chi connectivity index (χ0v) is 22.6. The summed E-state index contributed by atoms with van der Waals surface area (Å²) in [5.74, 6) is -4.46. The Bertz CT molecular complexity index is 1390. The number of rotatable bonds is 8. The molecule has 2 aliphatic rings. The minimum absolute atomic E-state index is 0.0135. The average Bonchev–Trinajstić information content (AvgIpc) is 2.97. The molecule has 2 aromatic carbocycles. The number of hydrogen-bond acceptors (Lipinski definition) is 7. The minimum atomic E-state index is -4.07. The Kier molecular flexibility index (Phi) is 8.34. The number of hydrogen-bond donors (Lipinski definition) is 5. The number of benzene rings is 2. The Morgan fingerprint density at radius 3 is 2.51 bits per heavy atom. The van der Waals surface area contributed by atoms with E-state index in [4.69, 9.17) is 17.3 Å². The molecule has 2 aliphatic carbocycles. The smallest absolute Gasteiger partial charge is 0.255 e. The van der Waals surface area contributed by atoms with Gasteiger partial charge in [0.25, 0.3) is 5.91 Å². The number of carbonyl (C=O) groups is 2. The highest BCUT2D eigenvalue weighted by Gasteiger charge is 2.59. The van der Waals surface area contributed by atoms with Crippen LogP contribution in [0.2, 0.25) is 5.02 Å². The van der Waals surface area contributed by atoms with Gasteiger partial charge in [0, 0.05) is 17.3 Å². The molecule has 0 radical (unpaired) electrons. The Morgan fingerprint density at radius 2 is 1.87 bits per heavy atom. The van der Waals surface area contributed by atoms with Gasteiger partial charge < -0.3 is 26.6 Å². The Morgan fingerprint density at radius 1 is 1.15 bits per heavy atom. The van der Waals surface area contributed by atoms with Gasteiger partial charge in [-0.25, -0.2) is 17.2 Å². The van der Waals surface area contributed by atoms with Gasteiger partial charge in [-0.2, -0.15) is 0 Å². The lowest BCUT2D eigenvalue weighted by atomic mass is 9.71. The zero-order chi connectivity index (χ0) is 28.7. The van der Waals surface area contributed by atoms with Gasteiger partial charge in [0.2, 0.25) is 5.91 Å². The topological polar surface area (TPSA) is 159 Å². The van der Waals surface area contributed by atoms with Crippen molar-refractivity contribution in [2.24, 2.45) is 23.5 Å². The van der Waals surface area contributed by atoms with Gasteiger partial charge in [0.05, 0.1) is 33.7 Å². The number of nitrogens with one attached hydrogen (secondary N) is 2. The van der Waals surface area contributed by atoms with E-state index >= 15 is 0 Å². The van der Waals surface area contributed by atoms with Crippen molar-refractivity contribution in [2.45, 2.75) is 54.6 Å². The fourth-order valence-electron chi connectivity index (χ4n) is 5.93. The van der Waals surface area contributed by atoms with E-state index in [-0.39, 0.29) is 52.9 Å². The number of aliphatic hydroxyl groups excluding tert-OH is 1. The summed E-state index contributed by atoms with van der Waals surface area (Å²) in [7, 11) is -4.07. The lowest BCUT2D eigenvalue weighted by Crippen LogP contribution is -2.52. The molecule has 9 nitrogen and oxygen atoms in total. The molecule has 13 heteroatoms. The summed E-state index contributed by atoms with van der Waals surface area (Å²) in [5.41, 5.74) is 3.78. The van der Waals surface area contributed by atoms with E-state index in [1.807, 2.05) is 6.92 Å². The summed E-state index contributed by atoms with van der Waals surface area (Å²) in [6, 6.07) is 6.57. The quantitative estimate of drug-likeness (QED) is 0.298. The van der Waals surface area contributed by atoms with Gasteiger partial charge in [0.15, 0.2) is 21.5 Å². The molecule has 6 atom stereocenters. The zero-order valence-electron chi connectivity index (χ0n) is 21.0. The van der Waals surface area contributed by atoms with Gasteiger partial charge in [0.1, 0.15) is 6.23 Å². The highest BCUT2D eigenvalue weighted by Crippen LogP contribution is 2.56. The van der Waals surface area contributed by atoms with Crippen LogP contribution in [0.5, 0.6) is 0 Å². The molecule has 4 rings (SSSR count). The number of carbonyl (C=O) groups excluding carboxylic acids is 2. The first-order chi connectivity index (χ1) is 18.2. The minimum Gasteiger partial charge on any atom is -0.389 e. The van der Waals surface area contributed by atoms with Crippen molar-refractivity contribution >= 4 is 38.9 Å². The van der Waals surface area contributed by atoms with E-state index in [1.165, 1.54) is 18.2 Å². The predicted molar refractivity (Wildman–Crippen MR) is 140 cm³/mol. The van der Waals surface area contributed by atoms with Crippen LogP contribution in [-0.2, 0) is 14.6 Å². The standard InChI is InChI=1S/C26H30ClF2N3O6S/c1-13-6-15-8-17(10-18(13)26(15,36)11-24(34)31-12-23(30)33)39(37,38)22-7-14(2-4-19(22)27)25(35)32-16-3-5-20(28)21(29)9-16/h2-5,7,9,13,15,17-18,23,33,36H,6,8,10-12,30H2,1H3,(H,31,34)(H,32,35)/t13-,15?,17?,18?,23-,26+/m0/s1. The van der Waals surface area contributed by atoms with Crippen LogP contribution in [0.1, 0.15) is 43.0 Å². The molecule has 2 saturated carbocycles. The second-order valence-electron chi connectivity index (χ2n) is 10.4.